The van der Waals surface area contributed by atoms with Crippen LogP contribution in [-0.2, 0) is 4.79 Å². The first kappa shape index (κ1) is 12.5. The molecule has 0 unspecified atom stereocenters. The summed E-state index contributed by atoms with van der Waals surface area (Å²) in [5.74, 6) is 0.783. The van der Waals surface area contributed by atoms with E-state index in [4.69, 9.17) is 4.74 Å². The molecule has 1 N–H and O–H groups in total. The number of fused-ring (bicyclic) bond motifs is 1. The largest absolute Gasteiger partial charge is 0.494 e. The number of anilines is 1. The smallest absolute Gasteiger partial charge is 0.256 e. The van der Waals surface area contributed by atoms with Crippen molar-refractivity contribution < 1.29 is 9.53 Å². The molecular weight excluding hydrogens is 250 g/mol. The van der Waals surface area contributed by atoms with Crippen molar-refractivity contribution in [3.8, 4) is 5.75 Å². The first-order valence-corrected chi connectivity index (χ1v) is 6.63. The van der Waals surface area contributed by atoms with Gasteiger partial charge in [-0.25, -0.2) is 0 Å². The molecule has 0 radical (unpaired) electrons. The second-order valence-electron chi connectivity index (χ2n) is 4.56. The summed E-state index contributed by atoms with van der Waals surface area (Å²) in [6.07, 6.45) is 1.90. The number of carbonyl (C=O) groups is 1. The van der Waals surface area contributed by atoms with Crippen LogP contribution in [0.25, 0.3) is 11.6 Å². The Balaban J connectivity index is 1.94. The average molecular weight is 265 g/mol. The molecule has 20 heavy (non-hydrogen) atoms. The van der Waals surface area contributed by atoms with Gasteiger partial charge in [0, 0.05) is 16.8 Å². The van der Waals surface area contributed by atoms with E-state index in [-0.39, 0.29) is 5.91 Å². The van der Waals surface area contributed by atoms with Crippen molar-refractivity contribution in [2.45, 2.75) is 6.92 Å². The molecule has 0 aliphatic carbocycles. The summed E-state index contributed by atoms with van der Waals surface area (Å²) in [5.41, 5.74) is 3.50. The molecule has 0 spiro atoms. The molecule has 1 aliphatic heterocycles. The molecule has 0 atom stereocenters. The molecule has 2 aromatic carbocycles. The number of benzene rings is 2. The zero-order valence-corrected chi connectivity index (χ0v) is 11.2. The van der Waals surface area contributed by atoms with Crippen LogP contribution >= 0.6 is 0 Å². The summed E-state index contributed by atoms with van der Waals surface area (Å²) >= 11 is 0. The van der Waals surface area contributed by atoms with Gasteiger partial charge in [0.05, 0.1) is 6.61 Å². The molecule has 0 saturated heterocycles. The van der Waals surface area contributed by atoms with Crippen LogP contribution < -0.4 is 10.1 Å². The maximum absolute atomic E-state index is 12.0. The summed E-state index contributed by atoms with van der Waals surface area (Å²) in [6.45, 7) is 2.60. The Morgan fingerprint density at radius 2 is 1.85 bits per heavy atom. The molecule has 0 fully saturated rings. The third-order valence-electron chi connectivity index (χ3n) is 3.21. The fourth-order valence-corrected chi connectivity index (χ4v) is 2.28. The quantitative estimate of drug-likeness (QED) is 0.861. The van der Waals surface area contributed by atoms with Crippen molar-refractivity contribution in [2.75, 3.05) is 11.9 Å². The van der Waals surface area contributed by atoms with Crippen molar-refractivity contribution in [1.82, 2.24) is 0 Å². The van der Waals surface area contributed by atoms with Crippen LogP contribution in [0.1, 0.15) is 18.1 Å². The zero-order chi connectivity index (χ0) is 13.9. The molecule has 1 aliphatic rings. The lowest BCUT2D eigenvalue weighted by Crippen LogP contribution is -2.03. The van der Waals surface area contributed by atoms with Crippen LogP contribution in [-0.4, -0.2) is 12.5 Å². The molecule has 0 saturated carbocycles. The highest BCUT2D eigenvalue weighted by atomic mass is 16.5. The lowest BCUT2D eigenvalue weighted by atomic mass is 10.0. The van der Waals surface area contributed by atoms with E-state index < -0.39 is 0 Å². The second-order valence-corrected chi connectivity index (χ2v) is 4.56. The molecule has 2 aromatic rings. The Kier molecular flexibility index (Phi) is 3.25. The van der Waals surface area contributed by atoms with E-state index >= 15 is 0 Å². The summed E-state index contributed by atoms with van der Waals surface area (Å²) in [5, 5.41) is 2.87. The van der Waals surface area contributed by atoms with Gasteiger partial charge >= 0.3 is 0 Å². The topological polar surface area (TPSA) is 38.3 Å². The number of hydrogen-bond acceptors (Lipinski definition) is 2. The minimum absolute atomic E-state index is 0.0555. The van der Waals surface area contributed by atoms with Gasteiger partial charge in [-0.15, -0.1) is 0 Å². The molecule has 0 aromatic heterocycles. The van der Waals surface area contributed by atoms with Gasteiger partial charge in [-0.3, -0.25) is 4.79 Å². The minimum Gasteiger partial charge on any atom is -0.494 e. The van der Waals surface area contributed by atoms with E-state index in [2.05, 4.69) is 5.32 Å². The number of para-hydroxylation sites is 1. The number of nitrogens with one attached hydrogen (secondary N) is 1. The van der Waals surface area contributed by atoms with E-state index in [0.29, 0.717) is 12.2 Å². The maximum atomic E-state index is 12.0. The van der Waals surface area contributed by atoms with Crippen molar-refractivity contribution in [3.63, 3.8) is 0 Å². The number of carbonyl (C=O) groups excluding carboxylic acids is 1. The molecular formula is C17H15NO2. The SMILES string of the molecule is CCOc1ccc(/C=C2\C(=O)Nc3ccccc32)cc1. The molecule has 1 heterocycles. The number of amides is 1. The van der Waals surface area contributed by atoms with Crippen molar-refractivity contribution in [3.05, 3.63) is 59.7 Å². The normalized spacial score (nSPS) is 15.1. The van der Waals surface area contributed by atoms with E-state index in [1.54, 1.807) is 0 Å². The predicted octanol–water partition coefficient (Wildman–Crippen LogP) is 3.58. The van der Waals surface area contributed by atoms with Crippen LogP contribution in [0.3, 0.4) is 0 Å². The molecule has 0 bridgehead atoms. The highest BCUT2D eigenvalue weighted by molar-refractivity contribution is 6.34. The van der Waals surface area contributed by atoms with Crippen LogP contribution in [0.2, 0.25) is 0 Å². The van der Waals surface area contributed by atoms with Gasteiger partial charge in [-0.1, -0.05) is 30.3 Å². The molecule has 1 amide bonds. The van der Waals surface area contributed by atoms with Crippen LogP contribution in [0, 0.1) is 0 Å². The highest BCUT2D eigenvalue weighted by Crippen LogP contribution is 2.32. The lowest BCUT2D eigenvalue weighted by molar-refractivity contribution is -0.110. The fraction of sp³-hybridized carbons (Fsp3) is 0.118. The molecule has 100 valence electrons. The summed E-state index contributed by atoms with van der Waals surface area (Å²) in [4.78, 5) is 12.0. The fourth-order valence-electron chi connectivity index (χ4n) is 2.28. The molecule has 3 heteroatoms. The van der Waals surface area contributed by atoms with Crippen molar-refractivity contribution in [2.24, 2.45) is 0 Å². The number of rotatable bonds is 3. The Bertz CT molecular complexity index is 672. The highest BCUT2D eigenvalue weighted by Gasteiger charge is 2.22. The van der Waals surface area contributed by atoms with Crippen LogP contribution in [0.4, 0.5) is 5.69 Å². The monoisotopic (exact) mass is 265 g/mol. The maximum Gasteiger partial charge on any atom is 0.256 e. The third-order valence-corrected chi connectivity index (χ3v) is 3.21. The Morgan fingerprint density at radius 1 is 1.10 bits per heavy atom. The number of hydrogen-bond donors (Lipinski definition) is 1. The first-order valence-electron chi connectivity index (χ1n) is 6.63. The van der Waals surface area contributed by atoms with Gasteiger partial charge in [0.2, 0.25) is 0 Å². The van der Waals surface area contributed by atoms with Gasteiger partial charge in [-0.05, 0) is 36.8 Å². The van der Waals surface area contributed by atoms with Gasteiger partial charge in [0.15, 0.2) is 0 Å². The Hall–Kier alpha value is -2.55. The van der Waals surface area contributed by atoms with Crippen LogP contribution in [0.15, 0.2) is 48.5 Å². The van der Waals surface area contributed by atoms with Crippen molar-refractivity contribution in [1.29, 1.82) is 0 Å². The predicted molar refractivity (Wildman–Crippen MR) is 80.6 cm³/mol. The number of ether oxygens (including phenoxy) is 1. The van der Waals surface area contributed by atoms with Crippen molar-refractivity contribution >= 4 is 23.2 Å². The van der Waals surface area contributed by atoms with Gasteiger partial charge in [0.1, 0.15) is 5.75 Å². The van der Waals surface area contributed by atoms with Gasteiger partial charge in [-0.2, -0.15) is 0 Å². The summed E-state index contributed by atoms with van der Waals surface area (Å²) < 4.78 is 5.41. The summed E-state index contributed by atoms with van der Waals surface area (Å²) in [7, 11) is 0. The Labute approximate surface area is 117 Å². The first-order chi connectivity index (χ1) is 9.78. The molecule has 3 nitrogen and oxygen atoms in total. The Morgan fingerprint density at radius 3 is 2.60 bits per heavy atom. The van der Waals surface area contributed by atoms with E-state index in [1.165, 1.54) is 0 Å². The average Bonchev–Trinajstić information content (AvgIpc) is 2.78. The second kappa shape index (κ2) is 5.21. The lowest BCUT2D eigenvalue weighted by Gasteiger charge is -2.03. The van der Waals surface area contributed by atoms with E-state index in [9.17, 15) is 4.79 Å². The third kappa shape index (κ3) is 2.30. The minimum atomic E-state index is -0.0555. The summed E-state index contributed by atoms with van der Waals surface area (Å²) in [6, 6.07) is 15.4. The standard InChI is InChI=1S/C17H15NO2/c1-2-20-13-9-7-12(8-10-13)11-15-14-5-3-4-6-16(14)18-17(15)19/h3-11H,2H2,1H3,(H,18,19)/b15-11-. The van der Waals surface area contributed by atoms with E-state index in [1.807, 2.05) is 61.5 Å². The van der Waals surface area contributed by atoms with Gasteiger partial charge in [0.25, 0.3) is 5.91 Å². The van der Waals surface area contributed by atoms with Gasteiger partial charge < -0.3 is 10.1 Å². The van der Waals surface area contributed by atoms with Crippen LogP contribution in [0.5, 0.6) is 5.75 Å². The molecule has 3 rings (SSSR count). The van der Waals surface area contributed by atoms with E-state index in [0.717, 1.165) is 22.6 Å². The zero-order valence-electron chi connectivity index (χ0n) is 11.2.